The second-order valence-electron chi connectivity index (χ2n) is 5.65. The number of anilines is 1. The van der Waals surface area contributed by atoms with E-state index in [9.17, 15) is 4.79 Å². The Bertz CT molecular complexity index is 482. The molecule has 2 aliphatic heterocycles. The molecule has 2 atom stereocenters. The fraction of sp³-hybridized carbons (Fsp3) is 0.667. The minimum atomic E-state index is -0.214. The maximum absolute atomic E-state index is 12.0. The molecule has 2 saturated heterocycles. The first kappa shape index (κ1) is 15.2. The third kappa shape index (κ3) is 4.14. The number of nitrogens with one attached hydrogen (secondary N) is 2. The number of carbonyl (C=O) groups excluding carboxylic acids is 1. The van der Waals surface area contributed by atoms with E-state index in [1.54, 1.807) is 6.20 Å². The van der Waals surface area contributed by atoms with Gasteiger partial charge in [0.2, 0.25) is 0 Å². The first-order chi connectivity index (χ1) is 10.8. The summed E-state index contributed by atoms with van der Waals surface area (Å²) in [5.41, 5.74) is 0.320. The summed E-state index contributed by atoms with van der Waals surface area (Å²) in [6.45, 7) is 2.87. The summed E-state index contributed by atoms with van der Waals surface area (Å²) >= 11 is 0. The van der Waals surface area contributed by atoms with Gasteiger partial charge in [-0.2, -0.15) is 0 Å². The molecule has 120 valence electrons. The Kier molecular flexibility index (Phi) is 5.18. The highest BCUT2D eigenvalue weighted by Crippen LogP contribution is 2.13. The van der Waals surface area contributed by atoms with Crippen LogP contribution >= 0.6 is 0 Å². The van der Waals surface area contributed by atoms with Gasteiger partial charge in [-0.25, -0.2) is 9.97 Å². The molecule has 0 bridgehead atoms. The second-order valence-corrected chi connectivity index (χ2v) is 5.65. The van der Waals surface area contributed by atoms with E-state index < -0.39 is 0 Å². The van der Waals surface area contributed by atoms with Crippen molar-refractivity contribution >= 4 is 11.7 Å². The molecule has 1 aromatic heterocycles. The molecule has 7 heteroatoms. The Morgan fingerprint density at radius 2 is 1.82 bits per heavy atom. The largest absolute Gasteiger partial charge is 0.376 e. The molecule has 1 amide bonds. The highest BCUT2D eigenvalue weighted by molar-refractivity contribution is 5.92. The minimum Gasteiger partial charge on any atom is -0.376 e. The molecule has 0 saturated carbocycles. The van der Waals surface area contributed by atoms with Crippen molar-refractivity contribution in [1.29, 1.82) is 0 Å². The van der Waals surface area contributed by atoms with Gasteiger partial charge in [0.25, 0.3) is 5.91 Å². The van der Waals surface area contributed by atoms with Crippen molar-refractivity contribution in [1.82, 2.24) is 15.3 Å². The first-order valence-corrected chi connectivity index (χ1v) is 7.88. The van der Waals surface area contributed by atoms with Gasteiger partial charge in [0.05, 0.1) is 24.6 Å². The van der Waals surface area contributed by atoms with Crippen LogP contribution in [0.2, 0.25) is 0 Å². The van der Waals surface area contributed by atoms with E-state index in [2.05, 4.69) is 20.6 Å². The van der Waals surface area contributed by atoms with Crippen LogP contribution in [0.5, 0.6) is 0 Å². The molecule has 0 aromatic carbocycles. The monoisotopic (exact) mass is 306 g/mol. The van der Waals surface area contributed by atoms with E-state index in [4.69, 9.17) is 9.47 Å². The topological polar surface area (TPSA) is 85.4 Å². The number of aromatic nitrogens is 2. The zero-order valence-corrected chi connectivity index (χ0v) is 12.6. The van der Waals surface area contributed by atoms with Crippen LogP contribution in [0.15, 0.2) is 12.4 Å². The maximum Gasteiger partial charge on any atom is 0.271 e. The molecule has 0 spiro atoms. The Hall–Kier alpha value is -1.73. The van der Waals surface area contributed by atoms with Gasteiger partial charge in [0.15, 0.2) is 0 Å². The normalized spacial score (nSPS) is 24.4. The van der Waals surface area contributed by atoms with Crippen molar-refractivity contribution in [3.63, 3.8) is 0 Å². The number of carbonyl (C=O) groups is 1. The van der Waals surface area contributed by atoms with Gasteiger partial charge in [-0.3, -0.25) is 4.79 Å². The predicted octanol–water partition coefficient (Wildman–Crippen LogP) is 0.976. The second kappa shape index (κ2) is 7.51. The standard InChI is InChI=1S/C15H22N4O3/c20-15(19-8-12-4-2-6-22-12)13-9-18-14(10-16-13)17-7-11-3-1-5-21-11/h9-12H,1-8H2,(H,17,18)(H,19,20). The number of ether oxygens (including phenoxy) is 2. The number of amides is 1. The summed E-state index contributed by atoms with van der Waals surface area (Å²) in [7, 11) is 0. The number of hydrogen-bond acceptors (Lipinski definition) is 6. The summed E-state index contributed by atoms with van der Waals surface area (Å²) in [5, 5.41) is 6.01. The molecule has 0 radical (unpaired) electrons. The third-order valence-corrected chi connectivity index (χ3v) is 3.93. The van der Waals surface area contributed by atoms with Gasteiger partial charge >= 0.3 is 0 Å². The lowest BCUT2D eigenvalue weighted by Crippen LogP contribution is -2.32. The molecular weight excluding hydrogens is 284 g/mol. The van der Waals surface area contributed by atoms with Crippen molar-refractivity contribution in [2.45, 2.75) is 37.9 Å². The van der Waals surface area contributed by atoms with Crippen LogP contribution in [-0.4, -0.2) is 54.4 Å². The molecule has 2 unspecified atom stereocenters. The van der Waals surface area contributed by atoms with Crippen molar-refractivity contribution < 1.29 is 14.3 Å². The molecule has 3 heterocycles. The quantitative estimate of drug-likeness (QED) is 0.815. The van der Waals surface area contributed by atoms with Crippen LogP contribution in [0.3, 0.4) is 0 Å². The van der Waals surface area contributed by atoms with E-state index in [0.29, 0.717) is 18.1 Å². The van der Waals surface area contributed by atoms with E-state index in [0.717, 1.165) is 45.4 Å². The zero-order chi connectivity index (χ0) is 15.2. The predicted molar refractivity (Wildman–Crippen MR) is 80.8 cm³/mol. The number of nitrogens with zero attached hydrogens (tertiary/aromatic N) is 2. The van der Waals surface area contributed by atoms with E-state index in [1.807, 2.05) is 0 Å². The SMILES string of the molecule is O=C(NCC1CCCO1)c1cnc(NCC2CCCO2)cn1. The number of rotatable bonds is 6. The van der Waals surface area contributed by atoms with Crippen LogP contribution in [-0.2, 0) is 9.47 Å². The Balaban J connectivity index is 1.44. The molecule has 2 fully saturated rings. The lowest BCUT2D eigenvalue weighted by atomic mass is 10.2. The summed E-state index contributed by atoms with van der Waals surface area (Å²) in [6.07, 6.45) is 7.69. The fourth-order valence-electron chi connectivity index (χ4n) is 2.66. The maximum atomic E-state index is 12.0. The summed E-state index contributed by atoms with van der Waals surface area (Å²) in [4.78, 5) is 20.3. The van der Waals surface area contributed by atoms with Crippen molar-refractivity contribution in [3.8, 4) is 0 Å². The molecular formula is C15H22N4O3. The molecule has 0 aliphatic carbocycles. The Morgan fingerprint density at radius 1 is 1.09 bits per heavy atom. The highest BCUT2D eigenvalue weighted by atomic mass is 16.5. The molecule has 7 nitrogen and oxygen atoms in total. The van der Waals surface area contributed by atoms with Crippen molar-refractivity contribution in [2.24, 2.45) is 0 Å². The summed E-state index contributed by atoms with van der Waals surface area (Å²) in [6, 6.07) is 0. The molecule has 2 aliphatic rings. The van der Waals surface area contributed by atoms with Gasteiger partial charge in [-0.05, 0) is 25.7 Å². The lowest BCUT2D eigenvalue weighted by Gasteiger charge is -2.12. The van der Waals surface area contributed by atoms with E-state index in [-0.39, 0.29) is 18.1 Å². The van der Waals surface area contributed by atoms with E-state index >= 15 is 0 Å². The van der Waals surface area contributed by atoms with Gasteiger partial charge in [-0.15, -0.1) is 0 Å². The average Bonchev–Trinajstić information content (AvgIpc) is 3.24. The molecule has 1 aromatic rings. The van der Waals surface area contributed by atoms with Crippen LogP contribution in [0.4, 0.5) is 5.82 Å². The van der Waals surface area contributed by atoms with Crippen molar-refractivity contribution in [2.75, 3.05) is 31.6 Å². The van der Waals surface area contributed by atoms with Crippen LogP contribution < -0.4 is 10.6 Å². The highest BCUT2D eigenvalue weighted by Gasteiger charge is 2.18. The first-order valence-electron chi connectivity index (χ1n) is 7.88. The van der Waals surface area contributed by atoms with Gasteiger partial charge < -0.3 is 20.1 Å². The van der Waals surface area contributed by atoms with Gasteiger partial charge in [0.1, 0.15) is 11.5 Å². The van der Waals surface area contributed by atoms with Gasteiger partial charge in [-0.1, -0.05) is 0 Å². The lowest BCUT2D eigenvalue weighted by molar-refractivity contribution is 0.0853. The van der Waals surface area contributed by atoms with Crippen molar-refractivity contribution in [3.05, 3.63) is 18.1 Å². The fourth-order valence-corrected chi connectivity index (χ4v) is 2.66. The molecule has 2 N–H and O–H groups in total. The van der Waals surface area contributed by atoms with E-state index in [1.165, 1.54) is 6.20 Å². The number of hydrogen-bond donors (Lipinski definition) is 2. The van der Waals surface area contributed by atoms with Crippen LogP contribution in [0, 0.1) is 0 Å². The smallest absolute Gasteiger partial charge is 0.271 e. The van der Waals surface area contributed by atoms with Crippen LogP contribution in [0.25, 0.3) is 0 Å². The Labute approximate surface area is 129 Å². The summed E-state index contributed by atoms with van der Waals surface area (Å²) in [5.74, 6) is 0.444. The molecule has 3 rings (SSSR count). The molecule has 22 heavy (non-hydrogen) atoms. The third-order valence-electron chi connectivity index (χ3n) is 3.93. The zero-order valence-electron chi connectivity index (χ0n) is 12.6. The van der Waals surface area contributed by atoms with Crippen LogP contribution in [0.1, 0.15) is 36.2 Å². The average molecular weight is 306 g/mol. The van der Waals surface area contributed by atoms with Gasteiger partial charge in [0, 0.05) is 26.3 Å². The Morgan fingerprint density at radius 3 is 2.41 bits per heavy atom. The summed E-state index contributed by atoms with van der Waals surface area (Å²) < 4.78 is 11.0. The minimum absolute atomic E-state index is 0.129.